The van der Waals surface area contributed by atoms with Crippen LogP contribution in [0.5, 0.6) is 0 Å². The first-order valence-electron chi connectivity index (χ1n) is 9.69. The molecule has 150 valence electrons. The highest BCUT2D eigenvalue weighted by Crippen LogP contribution is 2.30. The predicted molar refractivity (Wildman–Crippen MR) is 108 cm³/mol. The number of halogens is 1. The molecule has 3 aromatic rings. The second-order valence-electron chi connectivity index (χ2n) is 7.64. The van der Waals surface area contributed by atoms with Crippen molar-refractivity contribution >= 4 is 28.5 Å². The van der Waals surface area contributed by atoms with Crippen molar-refractivity contribution in [3.63, 3.8) is 0 Å². The summed E-state index contributed by atoms with van der Waals surface area (Å²) >= 11 is 5.86. The molecule has 0 spiro atoms. The summed E-state index contributed by atoms with van der Waals surface area (Å²) in [7, 11) is 2.12. The second-order valence-corrected chi connectivity index (χ2v) is 8.02. The average molecular weight is 413 g/mol. The Morgan fingerprint density at radius 3 is 2.66 bits per heavy atom. The topological polar surface area (TPSA) is 69.5 Å². The maximum absolute atomic E-state index is 13.1. The van der Waals surface area contributed by atoms with Crippen LogP contribution in [-0.4, -0.2) is 63.9 Å². The third kappa shape index (κ3) is 3.39. The third-order valence-corrected chi connectivity index (χ3v) is 6.10. The Bertz CT molecular complexity index is 1040. The molecular formula is C21H21ClN4O3. The number of likely N-dealkylation sites (N-methyl/N-ethyl adjacent to an activating group) is 1. The molecule has 0 unspecified atom stereocenters. The number of esters is 1. The summed E-state index contributed by atoms with van der Waals surface area (Å²) in [6.45, 7) is 1.38. The minimum atomic E-state index is -0.310. The third-order valence-electron chi connectivity index (χ3n) is 5.90. The first-order chi connectivity index (χ1) is 14.1. The summed E-state index contributed by atoms with van der Waals surface area (Å²) in [5.41, 5.74) is 1.39. The number of hydrogen-bond acceptors (Lipinski definition) is 6. The van der Waals surface area contributed by atoms with Crippen molar-refractivity contribution in [3.8, 4) is 5.82 Å². The molecule has 8 heteroatoms. The summed E-state index contributed by atoms with van der Waals surface area (Å²) in [5, 5.41) is 1.15. The maximum Gasteiger partial charge on any atom is 0.340 e. The zero-order valence-electron chi connectivity index (χ0n) is 16.0. The summed E-state index contributed by atoms with van der Waals surface area (Å²) in [5.74, 6) is 0.283. The summed E-state index contributed by atoms with van der Waals surface area (Å²) in [4.78, 5) is 23.9. The number of fused-ring (bicyclic) bond motifs is 3. The predicted octanol–water partition coefficient (Wildman–Crippen LogP) is 3.09. The molecule has 7 nitrogen and oxygen atoms in total. The monoisotopic (exact) mass is 412 g/mol. The Morgan fingerprint density at radius 1 is 1.17 bits per heavy atom. The first-order valence-corrected chi connectivity index (χ1v) is 10.1. The molecule has 2 bridgehead atoms. The van der Waals surface area contributed by atoms with Gasteiger partial charge in [-0.05, 0) is 13.1 Å². The van der Waals surface area contributed by atoms with Gasteiger partial charge >= 0.3 is 5.97 Å². The van der Waals surface area contributed by atoms with Gasteiger partial charge in [-0.2, -0.15) is 0 Å². The van der Waals surface area contributed by atoms with Crippen molar-refractivity contribution in [2.75, 3.05) is 20.3 Å². The molecule has 4 heterocycles. The highest BCUT2D eigenvalue weighted by molar-refractivity contribution is 6.29. The number of carbonyl (C=O) groups is 1. The van der Waals surface area contributed by atoms with Gasteiger partial charge in [-0.1, -0.05) is 29.8 Å². The van der Waals surface area contributed by atoms with Gasteiger partial charge in [0.1, 0.15) is 11.3 Å². The van der Waals surface area contributed by atoms with Crippen LogP contribution in [0.15, 0.2) is 42.9 Å². The van der Waals surface area contributed by atoms with Crippen molar-refractivity contribution < 1.29 is 14.3 Å². The zero-order valence-corrected chi connectivity index (χ0v) is 16.7. The van der Waals surface area contributed by atoms with E-state index in [1.165, 1.54) is 6.20 Å². The Hall–Kier alpha value is -2.48. The lowest BCUT2D eigenvalue weighted by molar-refractivity contribution is -0.0970. The molecule has 2 fully saturated rings. The molecular weight excluding hydrogens is 392 g/mol. The molecule has 0 saturated carbocycles. The Labute approximate surface area is 173 Å². The Kier molecular flexibility index (Phi) is 4.73. The fourth-order valence-electron chi connectivity index (χ4n) is 4.32. The Balaban J connectivity index is 1.44. The van der Waals surface area contributed by atoms with Crippen LogP contribution in [0.1, 0.15) is 23.2 Å². The highest BCUT2D eigenvalue weighted by Gasteiger charge is 2.38. The van der Waals surface area contributed by atoms with E-state index in [1.807, 2.05) is 28.8 Å². The van der Waals surface area contributed by atoms with Crippen molar-refractivity contribution in [1.82, 2.24) is 19.4 Å². The lowest BCUT2D eigenvalue weighted by Gasteiger charge is -2.46. The van der Waals surface area contributed by atoms with Crippen molar-refractivity contribution in [3.05, 3.63) is 53.6 Å². The number of ether oxygens (including phenoxy) is 2. The number of hydrogen-bond donors (Lipinski definition) is 0. The largest absolute Gasteiger partial charge is 0.459 e. The van der Waals surface area contributed by atoms with Crippen LogP contribution in [0.2, 0.25) is 5.15 Å². The molecule has 2 aromatic heterocycles. The Morgan fingerprint density at radius 2 is 1.93 bits per heavy atom. The van der Waals surface area contributed by atoms with E-state index in [4.69, 9.17) is 21.1 Å². The van der Waals surface area contributed by atoms with Crippen LogP contribution >= 0.6 is 11.6 Å². The van der Waals surface area contributed by atoms with E-state index in [0.29, 0.717) is 41.8 Å². The van der Waals surface area contributed by atoms with E-state index in [1.54, 1.807) is 12.4 Å². The molecule has 0 N–H and O–H groups in total. The summed E-state index contributed by atoms with van der Waals surface area (Å²) < 4.78 is 13.4. The van der Waals surface area contributed by atoms with E-state index in [-0.39, 0.29) is 12.1 Å². The van der Waals surface area contributed by atoms with Crippen LogP contribution in [0.4, 0.5) is 0 Å². The van der Waals surface area contributed by atoms with Crippen molar-refractivity contribution in [2.24, 2.45) is 0 Å². The molecule has 29 heavy (non-hydrogen) atoms. The van der Waals surface area contributed by atoms with E-state index >= 15 is 0 Å². The average Bonchev–Trinajstić information content (AvgIpc) is 3.09. The van der Waals surface area contributed by atoms with Gasteiger partial charge in [-0.25, -0.2) is 14.8 Å². The summed E-state index contributed by atoms with van der Waals surface area (Å²) in [6, 6.07) is 8.30. The van der Waals surface area contributed by atoms with Crippen LogP contribution in [0.3, 0.4) is 0 Å². The quantitative estimate of drug-likeness (QED) is 0.616. The standard InChI is InChI=1S/C21H21ClN4O3/c1-25-13-6-15(7-14(25)12-28-11-13)29-21(27)17-10-26(18-5-3-2-4-16(17)18)20-9-23-19(22)8-24-20/h2-5,8-10,13-15H,6-7,11-12H2,1H3/t13-,14+,15-. The van der Waals surface area contributed by atoms with Crippen molar-refractivity contribution in [2.45, 2.75) is 31.0 Å². The van der Waals surface area contributed by atoms with E-state index in [0.717, 1.165) is 23.7 Å². The van der Waals surface area contributed by atoms with Gasteiger partial charge in [-0.3, -0.25) is 9.47 Å². The summed E-state index contributed by atoms with van der Waals surface area (Å²) in [6.07, 6.45) is 6.32. The highest BCUT2D eigenvalue weighted by atomic mass is 35.5. The number of piperidine rings is 1. The maximum atomic E-state index is 13.1. The number of nitrogens with zero attached hydrogens (tertiary/aromatic N) is 4. The van der Waals surface area contributed by atoms with E-state index < -0.39 is 0 Å². The molecule has 3 atom stereocenters. The van der Waals surface area contributed by atoms with E-state index in [9.17, 15) is 4.79 Å². The van der Waals surface area contributed by atoms with Crippen LogP contribution < -0.4 is 0 Å². The molecule has 5 rings (SSSR count). The lowest BCUT2D eigenvalue weighted by Crippen LogP contribution is -2.56. The fourth-order valence-corrected chi connectivity index (χ4v) is 4.42. The molecule has 1 aromatic carbocycles. The number of para-hydroxylation sites is 1. The number of aromatic nitrogens is 3. The van der Waals surface area contributed by atoms with Gasteiger partial charge in [0.05, 0.1) is 36.7 Å². The molecule has 0 amide bonds. The van der Waals surface area contributed by atoms with Crippen LogP contribution in [0, 0.1) is 0 Å². The first kappa shape index (κ1) is 18.5. The van der Waals surface area contributed by atoms with Gasteiger partial charge in [0, 0.05) is 36.5 Å². The molecule has 2 aliphatic heterocycles. The molecule has 0 radical (unpaired) electrons. The fraction of sp³-hybridized carbons (Fsp3) is 0.381. The zero-order chi connectivity index (χ0) is 20.0. The van der Waals surface area contributed by atoms with Gasteiger partial charge in [0.25, 0.3) is 0 Å². The molecule has 0 aliphatic carbocycles. The number of benzene rings is 1. The van der Waals surface area contributed by atoms with Gasteiger partial charge in [0.2, 0.25) is 0 Å². The smallest absolute Gasteiger partial charge is 0.340 e. The molecule has 2 aliphatic rings. The van der Waals surface area contributed by atoms with Crippen LogP contribution in [0.25, 0.3) is 16.7 Å². The second kappa shape index (κ2) is 7.40. The van der Waals surface area contributed by atoms with Gasteiger partial charge < -0.3 is 9.47 Å². The normalized spacial score (nSPS) is 24.6. The van der Waals surface area contributed by atoms with Crippen molar-refractivity contribution in [1.29, 1.82) is 0 Å². The van der Waals surface area contributed by atoms with E-state index in [2.05, 4.69) is 21.9 Å². The number of carbonyl (C=O) groups excluding carboxylic acids is 1. The molecule has 2 saturated heterocycles. The van der Waals surface area contributed by atoms with Crippen LogP contribution in [-0.2, 0) is 9.47 Å². The number of morpholine rings is 1. The van der Waals surface area contributed by atoms with Gasteiger partial charge in [-0.15, -0.1) is 0 Å². The SMILES string of the molecule is CN1[C@@H]2COC[C@H]1C[C@@H](OC(=O)c1cn(-c3cnc(Cl)cn3)c3ccccc13)C2. The minimum absolute atomic E-state index is 0.102. The lowest BCUT2D eigenvalue weighted by atomic mass is 9.92. The minimum Gasteiger partial charge on any atom is -0.459 e. The van der Waals surface area contributed by atoms with Gasteiger partial charge in [0.15, 0.2) is 5.82 Å². The number of rotatable bonds is 3.